The third kappa shape index (κ3) is 8.59. The van der Waals surface area contributed by atoms with Gasteiger partial charge in [-0.15, -0.1) is 0 Å². The Balaban J connectivity index is 0.00000148. The number of piperazine rings is 1. The summed E-state index contributed by atoms with van der Waals surface area (Å²) in [7, 11) is 1.92. The molecule has 14 heteroatoms. The number of hydrogen-bond donors (Lipinski definition) is 2. The molecule has 13 nitrogen and oxygen atoms in total. The molecule has 0 amide bonds. The van der Waals surface area contributed by atoms with Gasteiger partial charge in [-0.1, -0.05) is 0 Å². The zero-order valence-electron chi connectivity index (χ0n) is 27.1. The van der Waals surface area contributed by atoms with Gasteiger partial charge in [-0.05, 0) is 47.1 Å². The molecule has 1 atom stereocenters. The van der Waals surface area contributed by atoms with E-state index < -0.39 is 15.5 Å². The predicted octanol–water partition coefficient (Wildman–Crippen LogP) is 4.08. The minimum atomic E-state index is -1.33. The van der Waals surface area contributed by atoms with E-state index in [1.54, 1.807) is 20.4 Å². The fourth-order valence-corrected chi connectivity index (χ4v) is 5.88. The third-order valence-corrected chi connectivity index (χ3v) is 9.13. The van der Waals surface area contributed by atoms with Crippen LogP contribution in [0.1, 0.15) is 48.9 Å². The molecule has 4 aromatic rings. The van der Waals surface area contributed by atoms with Crippen LogP contribution in [0.3, 0.4) is 0 Å². The van der Waals surface area contributed by atoms with Crippen molar-refractivity contribution in [3.8, 4) is 5.75 Å². The number of fused-ring (bicyclic) bond motifs is 1. The number of H-pyrrole nitrogens is 1. The van der Waals surface area contributed by atoms with Gasteiger partial charge in [0.25, 0.3) is 0 Å². The van der Waals surface area contributed by atoms with E-state index in [9.17, 15) is 9.00 Å². The summed E-state index contributed by atoms with van der Waals surface area (Å²) in [6, 6.07) is 3.74. The average Bonchev–Trinajstić information content (AvgIpc) is 3.35. The molecule has 5 rings (SSSR count). The number of rotatable bonds is 10. The highest BCUT2D eigenvalue weighted by molar-refractivity contribution is 7.86. The molecule has 0 aliphatic carbocycles. The quantitative estimate of drug-likeness (QED) is 0.190. The second-order valence-corrected chi connectivity index (χ2v) is 13.9. The van der Waals surface area contributed by atoms with E-state index in [1.165, 1.54) is 12.5 Å². The number of hydrogen-bond acceptors (Lipinski definition) is 12. The lowest BCUT2D eigenvalue weighted by Gasteiger charge is -2.35. The minimum Gasteiger partial charge on any atom is -0.492 e. The highest BCUT2D eigenvalue weighted by Crippen LogP contribution is 2.35. The van der Waals surface area contributed by atoms with E-state index in [1.807, 2.05) is 46.8 Å². The van der Waals surface area contributed by atoms with Gasteiger partial charge in [-0.3, -0.25) is 19.0 Å². The molecule has 1 fully saturated rings. The molecule has 4 heterocycles. The Bertz CT molecular complexity index is 1600. The first-order valence-electron chi connectivity index (χ1n) is 14.8. The van der Waals surface area contributed by atoms with Crippen molar-refractivity contribution in [2.24, 2.45) is 0 Å². The van der Waals surface area contributed by atoms with Crippen LogP contribution in [0.15, 0.2) is 35.7 Å². The first kappa shape index (κ1) is 33.9. The molecule has 0 spiro atoms. The topological polar surface area (TPSA) is 151 Å². The van der Waals surface area contributed by atoms with E-state index in [2.05, 4.69) is 50.0 Å². The Kier molecular flexibility index (Phi) is 11.5. The molecule has 0 saturated carbocycles. The summed E-state index contributed by atoms with van der Waals surface area (Å²) < 4.78 is 23.7. The lowest BCUT2D eigenvalue weighted by Crippen LogP contribution is -2.47. The van der Waals surface area contributed by atoms with E-state index in [4.69, 9.17) is 4.74 Å². The van der Waals surface area contributed by atoms with E-state index >= 15 is 0 Å². The number of nitrogens with zero attached hydrogens (tertiary/aromatic N) is 7. The van der Waals surface area contributed by atoms with Crippen LogP contribution in [0.4, 0.5) is 17.5 Å². The maximum Gasteiger partial charge on any atom is 0.170 e. The maximum absolute atomic E-state index is 13.6. The van der Waals surface area contributed by atoms with Crippen LogP contribution < -0.4 is 15.0 Å². The normalized spacial score (nSPS) is 14.5. The number of aromatic amines is 1. The summed E-state index contributed by atoms with van der Waals surface area (Å²) in [6.45, 7) is 14.6. The van der Waals surface area contributed by atoms with Crippen molar-refractivity contribution in [2.75, 3.05) is 63.8 Å². The molecule has 1 aliphatic rings. The first-order valence-corrected chi connectivity index (χ1v) is 16.0. The number of aromatic nitrogens is 6. The molecule has 242 valence electrons. The largest absolute Gasteiger partial charge is 0.492 e. The Morgan fingerprint density at radius 3 is 2.36 bits per heavy atom. The van der Waals surface area contributed by atoms with Crippen molar-refractivity contribution >= 4 is 45.4 Å². The summed E-state index contributed by atoms with van der Waals surface area (Å²) in [5.74, 6) is 2.65. The van der Waals surface area contributed by atoms with E-state index in [0.29, 0.717) is 46.4 Å². The molecule has 0 bridgehead atoms. The van der Waals surface area contributed by atoms with Crippen LogP contribution in [0.25, 0.3) is 10.9 Å². The molecule has 3 aromatic heterocycles. The molecular formula is C31H43N9O4S. The van der Waals surface area contributed by atoms with Crippen LogP contribution >= 0.6 is 0 Å². The molecule has 0 radical (unpaired) electrons. The van der Waals surface area contributed by atoms with Crippen molar-refractivity contribution in [1.29, 1.82) is 0 Å². The summed E-state index contributed by atoms with van der Waals surface area (Å²) in [6.07, 6.45) is 6.18. The Labute approximate surface area is 266 Å². The van der Waals surface area contributed by atoms with Crippen molar-refractivity contribution in [1.82, 2.24) is 35.0 Å². The molecule has 1 aromatic carbocycles. The van der Waals surface area contributed by atoms with E-state index in [-0.39, 0.29) is 0 Å². The summed E-state index contributed by atoms with van der Waals surface area (Å²) >= 11 is 0. The van der Waals surface area contributed by atoms with Gasteiger partial charge in [0.15, 0.2) is 12.1 Å². The fourth-order valence-electron chi connectivity index (χ4n) is 4.70. The van der Waals surface area contributed by atoms with Gasteiger partial charge >= 0.3 is 0 Å². The lowest BCUT2D eigenvalue weighted by molar-refractivity contribution is 0.111. The fraction of sp³-hybridized carbons (Fsp3) is 0.484. The van der Waals surface area contributed by atoms with Gasteiger partial charge in [0, 0.05) is 74.4 Å². The number of methoxy groups -OCH3 is 1. The van der Waals surface area contributed by atoms with Crippen LogP contribution in [-0.2, 0) is 15.5 Å². The molecular weight excluding hydrogens is 594 g/mol. The summed E-state index contributed by atoms with van der Waals surface area (Å²) in [5.41, 5.74) is 3.01. The van der Waals surface area contributed by atoms with Crippen LogP contribution in [0.5, 0.6) is 5.75 Å². The number of anilines is 3. The third-order valence-electron chi connectivity index (χ3n) is 7.30. The van der Waals surface area contributed by atoms with Gasteiger partial charge in [0.05, 0.1) is 40.2 Å². The zero-order valence-corrected chi connectivity index (χ0v) is 27.9. The zero-order chi connectivity index (χ0) is 32.6. The summed E-state index contributed by atoms with van der Waals surface area (Å²) in [5, 5.41) is 11.4. The van der Waals surface area contributed by atoms with Crippen LogP contribution in [0.2, 0.25) is 0 Å². The van der Waals surface area contributed by atoms with Gasteiger partial charge < -0.3 is 19.7 Å². The maximum atomic E-state index is 13.6. The highest BCUT2D eigenvalue weighted by Gasteiger charge is 2.26. The Morgan fingerprint density at radius 1 is 1.02 bits per heavy atom. The van der Waals surface area contributed by atoms with Crippen LogP contribution in [-0.4, -0.2) is 104 Å². The lowest BCUT2D eigenvalue weighted by atomic mass is 10.2. The Morgan fingerprint density at radius 2 is 1.76 bits per heavy atom. The molecule has 1 unspecified atom stereocenters. The van der Waals surface area contributed by atoms with Gasteiger partial charge in [-0.25, -0.2) is 19.9 Å². The smallest absolute Gasteiger partial charge is 0.170 e. The monoisotopic (exact) mass is 637 g/mol. The molecule has 1 saturated heterocycles. The second-order valence-electron chi connectivity index (χ2n) is 11.7. The number of carbonyl (C=O) groups is 1. The van der Waals surface area contributed by atoms with Gasteiger partial charge in [-0.2, -0.15) is 5.10 Å². The predicted molar refractivity (Wildman–Crippen MR) is 176 cm³/mol. The van der Waals surface area contributed by atoms with E-state index in [0.717, 1.165) is 61.6 Å². The van der Waals surface area contributed by atoms with Crippen LogP contribution in [0, 0.1) is 13.8 Å². The number of ether oxygens (including phenoxy) is 2. The Hall–Kier alpha value is -4.01. The second kappa shape index (κ2) is 15.3. The van der Waals surface area contributed by atoms with Crippen molar-refractivity contribution in [3.05, 3.63) is 47.8 Å². The number of nitrogens with one attached hydrogen (secondary N) is 2. The first-order chi connectivity index (χ1) is 21.5. The SMILES string of the molecule is COC.Cc1[nH]nc(Nc2ncnc3cc(OCCCN4CCN(c5cnc(C=O)cn5)CC4)c(S(=O)C(C)(C)C)cc23)c1C. The standard InChI is InChI=1S/C29H37N9O3S.C2H6O/c1-19-20(2)35-36-27(19)34-28-22-13-25(42(40)29(3,4)5)24(14-23(22)32-18-33-28)41-12-6-7-37-8-10-38(11-9-37)26-16-30-21(17-39)15-31-26;1-3-2/h13-18H,6-12H2,1-5H3,(H2,32,33,34,35,36);1-2H3. The number of aryl methyl sites for hydroxylation is 1. The van der Waals surface area contributed by atoms with Gasteiger partial charge in [0.2, 0.25) is 0 Å². The highest BCUT2D eigenvalue weighted by atomic mass is 32.2. The van der Waals surface area contributed by atoms with Crippen molar-refractivity contribution in [2.45, 2.75) is 50.7 Å². The molecule has 45 heavy (non-hydrogen) atoms. The molecule has 2 N–H and O–H groups in total. The number of aldehydes is 1. The number of benzene rings is 1. The van der Waals surface area contributed by atoms with Crippen molar-refractivity contribution in [3.63, 3.8) is 0 Å². The summed E-state index contributed by atoms with van der Waals surface area (Å²) in [4.78, 5) is 33.4. The average molecular weight is 638 g/mol. The van der Waals surface area contributed by atoms with Crippen molar-refractivity contribution < 1.29 is 18.5 Å². The van der Waals surface area contributed by atoms with Gasteiger partial charge in [0.1, 0.15) is 29.4 Å². The molecule has 1 aliphatic heterocycles. The number of carbonyl (C=O) groups excluding carboxylic acids is 1. The minimum absolute atomic E-state index is 0.335.